The van der Waals surface area contributed by atoms with Crippen LogP contribution in [-0.2, 0) is 0 Å². The maximum Gasteiger partial charge on any atom is 0.166 e. The van der Waals surface area contributed by atoms with Gasteiger partial charge in [0.25, 0.3) is 0 Å². The molecule has 0 aliphatic carbocycles. The lowest BCUT2D eigenvalue weighted by molar-refractivity contribution is 0.0996. The van der Waals surface area contributed by atoms with Gasteiger partial charge in [0.05, 0.1) is 0 Å². The Hall–Kier alpha value is -0.890. The molecule has 1 aromatic carbocycles. The van der Waals surface area contributed by atoms with Gasteiger partial charge in [-0.05, 0) is 18.6 Å². The number of carbonyl (C=O) groups is 1. The average Bonchev–Trinajstić information content (AvgIpc) is 2.10. The van der Waals surface area contributed by atoms with E-state index in [9.17, 15) is 4.79 Å². The first-order valence-electron chi connectivity index (χ1n) is 4.05. The van der Waals surface area contributed by atoms with Crippen LogP contribution >= 0.6 is 15.9 Å². The number of ketones is 1. The maximum atomic E-state index is 11.4. The van der Waals surface area contributed by atoms with Crippen molar-refractivity contribution in [3.05, 3.63) is 46.5 Å². The second-order valence-electron chi connectivity index (χ2n) is 2.88. The van der Waals surface area contributed by atoms with Crippen molar-refractivity contribution in [2.45, 2.75) is 13.3 Å². The average molecular weight is 239 g/mol. The molecule has 0 heterocycles. The molecule has 68 valence electrons. The molecule has 0 amide bonds. The highest BCUT2D eigenvalue weighted by Crippen LogP contribution is 2.18. The van der Waals surface area contributed by atoms with Gasteiger partial charge in [-0.2, -0.15) is 0 Å². The highest BCUT2D eigenvalue weighted by Gasteiger charge is 2.04. The Morgan fingerprint density at radius 2 is 2.31 bits per heavy atom. The third kappa shape index (κ3) is 2.52. The van der Waals surface area contributed by atoms with Crippen molar-refractivity contribution in [1.82, 2.24) is 0 Å². The van der Waals surface area contributed by atoms with E-state index >= 15 is 0 Å². The summed E-state index contributed by atoms with van der Waals surface area (Å²) >= 11 is 3.39. The second-order valence-corrected chi connectivity index (χ2v) is 3.73. The summed E-state index contributed by atoms with van der Waals surface area (Å²) in [6.45, 7) is 5.53. The number of aryl methyl sites for hydroxylation is 1. The van der Waals surface area contributed by atoms with Gasteiger partial charge in [-0.15, -0.1) is 6.58 Å². The first-order chi connectivity index (χ1) is 6.15. The zero-order valence-corrected chi connectivity index (χ0v) is 9.10. The number of Topliss-reactive ketones (excluding diaryl/α,β-unsaturated/α-hetero) is 1. The predicted molar refractivity (Wildman–Crippen MR) is 58.0 cm³/mol. The van der Waals surface area contributed by atoms with E-state index < -0.39 is 0 Å². The SMILES string of the molecule is C=CCC(=O)c1ccc(C)c(Br)c1. The van der Waals surface area contributed by atoms with E-state index in [-0.39, 0.29) is 5.78 Å². The van der Waals surface area contributed by atoms with Crippen molar-refractivity contribution in [2.75, 3.05) is 0 Å². The van der Waals surface area contributed by atoms with Crippen molar-refractivity contribution in [3.63, 3.8) is 0 Å². The molecule has 0 radical (unpaired) electrons. The van der Waals surface area contributed by atoms with Crippen LogP contribution in [0.4, 0.5) is 0 Å². The molecule has 13 heavy (non-hydrogen) atoms. The standard InChI is InChI=1S/C11H11BrO/c1-3-4-11(13)9-6-5-8(2)10(12)7-9/h3,5-7H,1,4H2,2H3. The van der Waals surface area contributed by atoms with Crippen molar-refractivity contribution in [3.8, 4) is 0 Å². The van der Waals surface area contributed by atoms with E-state index in [0.717, 1.165) is 15.6 Å². The Bertz CT molecular complexity index is 342. The van der Waals surface area contributed by atoms with Gasteiger partial charge in [-0.3, -0.25) is 4.79 Å². The predicted octanol–water partition coefficient (Wildman–Crippen LogP) is 3.52. The van der Waals surface area contributed by atoms with Crippen LogP contribution in [0.15, 0.2) is 35.3 Å². The topological polar surface area (TPSA) is 17.1 Å². The second kappa shape index (κ2) is 4.38. The number of carbonyl (C=O) groups excluding carboxylic acids is 1. The van der Waals surface area contributed by atoms with Gasteiger partial charge in [0.2, 0.25) is 0 Å². The largest absolute Gasteiger partial charge is 0.294 e. The lowest BCUT2D eigenvalue weighted by Gasteiger charge is -2.01. The summed E-state index contributed by atoms with van der Waals surface area (Å²) in [6.07, 6.45) is 2.02. The molecule has 0 unspecified atom stereocenters. The molecule has 0 aliphatic heterocycles. The molecule has 0 aromatic heterocycles. The molecule has 0 bridgehead atoms. The molecule has 1 nitrogen and oxygen atoms in total. The van der Waals surface area contributed by atoms with Crippen LogP contribution < -0.4 is 0 Å². The van der Waals surface area contributed by atoms with E-state index in [0.29, 0.717) is 6.42 Å². The summed E-state index contributed by atoms with van der Waals surface area (Å²) in [6, 6.07) is 5.62. The maximum absolute atomic E-state index is 11.4. The molecule has 0 N–H and O–H groups in total. The zero-order chi connectivity index (χ0) is 9.84. The summed E-state index contributed by atoms with van der Waals surface area (Å²) in [7, 11) is 0. The highest BCUT2D eigenvalue weighted by atomic mass is 79.9. The van der Waals surface area contributed by atoms with Crippen molar-refractivity contribution < 1.29 is 4.79 Å². The van der Waals surface area contributed by atoms with Crippen LogP contribution in [0, 0.1) is 6.92 Å². The fraction of sp³-hybridized carbons (Fsp3) is 0.182. The van der Waals surface area contributed by atoms with Crippen LogP contribution in [0.3, 0.4) is 0 Å². The summed E-state index contributed by atoms with van der Waals surface area (Å²) in [5.41, 5.74) is 1.87. The van der Waals surface area contributed by atoms with Gasteiger partial charge < -0.3 is 0 Å². The molecule has 0 atom stereocenters. The number of rotatable bonds is 3. The Labute approximate surface area is 86.6 Å². The molecule has 0 fully saturated rings. The number of hydrogen-bond acceptors (Lipinski definition) is 1. The molecule has 1 rings (SSSR count). The van der Waals surface area contributed by atoms with Crippen LogP contribution in [0.5, 0.6) is 0 Å². The highest BCUT2D eigenvalue weighted by molar-refractivity contribution is 9.10. The summed E-state index contributed by atoms with van der Waals surface area (Å²) in [4.78, 5) is 11.4. The van der Waals surface area contributed by atoms with E-state index in [1.54, 1.807) is 6.08 Å². The lowest BCUT2D eigenvalue weighted by Crippen LogP contribution is -1.96. The van der Waals surface area contributed by atoms with Gasteiger partial charge in [-0.1, -0.05) is 34.1 Å². The van der Waals surface area contributed by atoms with Crippen LogP contribution in [0.1, 0.15) is 22.3 Å². The van der Waals surface area contributed by atoms with Gasteiger partial charge in [0.15, 0.2) is 5.78 Å². The lowest BCUT2D eigenvalue weighted by atomic mass is 10.1. The van der Waals surface area contributed by atoms with Crippen molar-refractivity contribution in [2.24, 2.45) is 0 Å². The zero-order valence-electron chi connectivity index (χ0n) is 7.51. The van der Waals surface area contributed by atoms with Gasteiger partial charge in [0, 0.05) is 16.5 Å². The smallest absolute Gasteiger partial charge is 0.166 e. The third-order valence-corrected chi connectivity index (χ3v) is 2.68. The fourth-order valence-electron chi connectivity index (χ4n) is 1.02. The van der Waals surface area contributed by atoms with Gasteiger partial charge >= 0.3 is 0 Å². The normalized spacial score (nSPS) is 9.69. The number of halogens is 1. The minimum absolute atomic E-state index is 0.107. The molecule has 0 aliphatic rings. The van der Waals surface area contributed by atoms with E-state index in [1.165, 1.54) is 0 Å². The molecular weight excluding hydrogens is 228 g/mol. The minimum Gasteiger partial charge on any atom is -0.294 e. The van der Waals surface area contributed by atoms with Crippen LogP contribution in [0.25, 0.3) is 0 Å². The number of allylic oxidation sites excluding steroid dienone is 1. The van der Waals surface area contributed by atoms with Crippen LogP contribution in [0.2, 0.25) is 0 Å². The summed E-state index contributed by atoms with van der Waals surface area (Å²) in [5, 5.41) is 0. The minimum atomic E-state index is 0.107. The fourth-order valence-corrected chi connectivity index (χ4v) is 1.39. The van der Waals surface area contributed by atoms with Gasteiger partial charge in [-0.25, -0.2) is 0 Å². The molecule has 0 saturated heterocycles. The Balaban J connectivity index is 2.96. The third-order valence-electron chi connectivity index (χ3n) is 1.82. The van der Waals surface area contributed by atoms with E-state index in [1.807, 2.05) is 25.1 Å². The Morgan fingerprint density at radius 3 is 2.85 bits per heavy atom. The molecule has 0 saturated carbocycles. The molecule has 0 spiro atoms. The first kappa shape index (κ1) is 10.2. The van der Waals surface area contributed by atoms with E-state index in [2.05, 4.69) is 22.5 Å². The summed E-state index contributed by atoms with van der Waals surface area (Å²) in [5.74, 6) is 0.107. The number of benzene rings is 1. The first-order valence-corrected chi connectivity index (χ1v) is 4.84. The quantitative estimate of drug-likeness (QED) is 0.582. The van der Waals surface area contributed by atoms with Crippen LogP contribution in [-0.4, -0.2) is 5.78 Å². The molecular formula is C11H11BrO. The summed E-state index contributed by atoms with van der Waals surface area (Å²) < 4.78 is 0.974. The molecule has 1 aromatic rings. The Morgan fingerprint density at radius 1 is 1.62 bits per heavy atom. The van der Waals surface area contributed by atoms with Crippen molar-refractivity contribution in [1.29, 1.82) is 0 Å². The van der Waals surface area contributed by atoms with Gasteiger partial charge in [0.1, 0.15) is 0 Å². The molecule has 2 heteroatoms. The van der Waals surface area contributed by atoms with Crippen molar-refractivity contribution >= 4 is 21.7 Å². The number of hydrogen-bond donors (Lipinski definition) is 0. The monoisotopic (exact) mass is 238 g/mol. The van der Waals surface area contributed by atoms with E-state index in [4.69, 9.17) is 0 Å². The Kier molecular flexibility index (Phi) is 3.43.